The molecule has 0 bridgehead atoms. The second-order valence-electron chi connectivity index (χ2n) is 17.8. The monoisotopic (exact) mass is 846 g/mol. The number of benzene rings is 10. The zero-order chi connectivity index (χ0) is 44.6. The lowest BCUT2D eigenvalue weighted by molar-refractivity contribution is 0.660. The third-order valence-corrected chi connectivity index (χ3v) is 13.4. The van der Waals surface area contributed by atoms with Gasteiger partial charge in [0.2, 0.25) is 0 Å². The highest BCUT2D eigenvalue weighted by atomic mass is 15.1. The Kier molecular flexibility index (Phi) is 10.5. The van der Waals surface area contributed by atoms with Crippen molar-refractivity contribution in [3.8, 4) is 55.6 Å². The molecule has 0 saturated carbocycles. The lowest BCUT2D eigenvalue weighted by atomic mass is 9.82. The van der Waals surface area contributed by atoms with E-state index in [0.717, 1.165) is 39.6 Å². The fourth-order valence-electron chi connectivity index (χ4n) is 10.2. The first-order chi connectivity index (χ1) is 32.4. The van der Waals surface area contributed by atoms with E-state index < -0.39 is 0 Å². The van der Waals surface area contributed by atoms with Crippen LogP contribution in [0, 0.1) is 6.92 Å². The minimum absolute atomic E-state index is 0.109. The zero-order valence-corrected chi connectivity index (χ0v) is 37.6. The van der Waals surface area contributed by atoms with Crippen molar-refractivity contribution < 1.29 is 0 Å². The van der Waals surface area contributed by atoms with Crippen molar-refractivity contribution in [1.29, 1.82) is 0 Å². The lowest BCUT2D eigenvalue weighted by Gasteiger charge is -2.29. The number of aryl methyl sites for hydroxylation is 1. The van der Waals surface area contributed by atoms with E-state index in [0.29, 0.717) is 0 Å². The smallest absolute Gasteiger partial charge is 0.0543 e. The van der Waals surface area contributed by atoms with Crippen molar-refractivity contribution in [2.75, 3.05) is 9.80 Å². The number of hydrogen-bond acceptors (Lipinski definition) is 2. The van der Waals surface area contributed by atoms with Crippen LogP contribution in [0.25, 0.3) is 55.6 Å². The molecule has 0 aliphatic heterocycles. The molecule has 0 unspecified atom stereocenters. The maximum absolute atomic E-state index is 2.44. The highest BCUT2D eigenvalue weighted by Crippen LogP contribution is 2.55. The van der Waals surface area contributed by atoms with Gasteiger partial charge in [-0.1, -0.05) is 184 Å². The average Bonchev–Trinajstić information content (AvgIpc) is 3.62. The van der Waals surface area contributed by atoms with E-state index in [1.54, 1.807) is 0 Å². The van der Waals surface area contributed by atoms with Crippen molar-refractivity contribution in [2.24, 2.45) is 0 Å². The number of anilines is 6. The molecule has 0 radical (unpaired) electrons. The summed E-state index contributed by atoms with van der Waals surface area (Å²) in [5.74, 6) is 0. The van der Waals surface area contributed by atoms with Crippen LogP contribution in [-0.2, 0) is 5.41 Å². The Hall–Kier alpha value is -8.20. The van der Waals surface area contributed by atoms with Gasteiger partial charge in [0, 0.05) is 39.4 Å². The summed E-state index contributed by atoms with van der Waals surface area (Å²) >= 11 is 0. The zero-order valence-electron chi connectivity index (χ0n) is 37.6. The molecule has 2 heteroatoms. The van der Waals surface area contributed by atoms with Gasteiger partial charge in [-0.3, -0.25) is 0 Å². The topological polar surface area (TPSA) is 6.48 Å². The molecular formula is C64H50N2. The minimum atomic E-state index is -0.109. The first-order valence-corrected chi connectivity index (χ1v) is 22.9. The second-order valence-corrected chi connectivity index (χ2v) is 17.8. The summed E-state index contributed by atoms with van der Waals surface area (Å²) in [5, 5.41) is 0. The molecule has 0 amide bonds. The third-order valence-electron chi connectivity index (χ3n) is 13.4. The van der Waals surface area contributed by atoms with E-state index in [-0.39, 0.29) is 5.41 Å². The Morgan fingerprint density at radius 3 is 1.06 bits per heavy atom. The summed E-state index contributed by atoms with van der Waals surface area (Å²) in [6.07, 6.45) is 0. The van der Waals surface area contributed by atoms with Crippen molar-refractivity contribution in [2.45, 2.75) is 26.2 Å². The predicted molar refractivity (Wildman–Crippen MR) is 280 cm³/mol. The van der Waals surface area contributed by atoms with Crippen LogP contribution in [0.2, 0.25) is 0 Å². The SMILES string of the molecule is Cc1cccc2c1-c1c(N(c3ccccc3)c3ccc(-c4cc(-c5ccccc5)c(-c5ccc(N(c6ccccc6)c6ccccc6)cc5)cc4-c4ccccc4)cc3)cccc1C2(C)C. The molecule has 1 aliphatic rings. The van der Waals surface area contributed by atoms with Gasteiger partial charge in [-0.25, -0.2) is 0 Å². The summed E-state index contributed by atoms with van der Waals surface area (Å²) < 4.78 is 0. The molecule has 0 heterocycles. The maximum atomic E-state index is 2.44. The molecule has 2 nitrogen and oxygen atoms in total. The molecule has 0 saturated heterocycles. The van der Waals surface area contributed by atoms with Gasteiger partial charge < -0.3 is 9.80 Å². The minimum Gasteiger partial charge on any atom is -0.311 e. The quantitative estimate of drug-likeness (QED) is 0.135. The van der Waals surface area contributed by atoms with E-state index in [4.69, 9.17) is 0 Å². The van der Waals surface area contributed by atoms with Crippen LogP contribution in [-0.4, -0.2) is 0 Å². The summed E-state index contributed by atoms with van der Waals surface area (Å²) in [4.78, 5) is 4.76. The summed E-state index contributed by atoms with van der Waals surface area (Å²) in [6, 6.07) is 90.4. The molecule has 0 N–H and O–H groups in total. The number of rotatable bonds is 10. The van der Waals surface area contributed by atoms with Crippen molar-refractivity contribution in [3.63, 3.8) is 0 Å². The van der Waals surface area contributed by atoms with Crippen molar-refractivity contribution in [3.05, 3.63) is 265 Å². The van der Waals surface area contributed by atoms with Crippen LogP contribution in [0.1, 0.15) is 30.5 Å². The van der Waals surface area contributed by atoms with E-state index in [9.17, 15) is 0 Å². The lowest BCUT2D eigenvalue weighted by Crippen LogP contribution is -2.16. The van der Waals surface area contributed by atoms with Crippen LogP contribution < -0.4 is 9.80 Å². The van der Waals surface area contributed by atoms with Gasteiger partial charge in [0.05, 0.1) is 5.69 Å². The summed E-state index contributed by atoms with van der Waals surface area (Å²) in [6.45, 7) is 6.98. The number of nitrogens with zero attached hydrogens (tertiary/aromatic N) is 2. The first kappa shape index (κ1) is 40.6. The molecule has 316 valence electrons. The molecule has 10 aromatic rings. The number of fused-ring (bicyclic) bond motifs is 3. The third kappa shape index (κ3) is 7.27. The Balaban J connectivity index is 1.05. The Bertz CT molecular complexity index is 3250. The number of hydrogen-bond donors (Lipinski definition) is 0. The molecule has 0 fully saturated rings. The Labute approximate surface area is 389 Å². The van der Waals surface area contributed by atoms with Gasteiger partial charge in [0.25, 0.3) is 0 Å². The van der Waals surface area contributed by atoms with Crippen molar-refractivity contribution in [1.82, 2.24) is 0 Å². The summed E-state index contributed by atoms with van der Waals surface area (Å²) in [5.41, 5.74) is 22.8. The van der Waals surface area contributed by atoms with Crippen molar-refractivity contribution >= 4 is 34.1 Å². The van der Waals surface area contributed by atoms with Gasteiger partial charge in [-0.15, -0.1) is 0 Å². The molecule has 10 aromatic carbocycles. The largest absolute Gasteiger partial charge is 0.311 e. The normalized spacial score (nSPS) is 12.3. The molecule has 1 aliphatic carbocycles. The van der Waals surface area contributed by atoms with Gasteiger partial charge in [0.1, 0.15) is 0 Å². The maximum Gasteiger partial charge on any atom is 0.0543 e. The van der Waals surface area contributed by atoms with Gasteiger partial charge in [-0.2, -0.15) is 0 Å². The second kappa shape index (κ2) is 17.1. The van der Waals surface area contributed by atoms with Crippen LogP contribution in [0.15, 0.2) is 249 Å². The highest BCUT2D eigenvalue weighted by molar-refractivity contribution is 5.98. The van der Waals surface area contributed by atoms with E-state index >= 15 is 0 Å². The average molecular weight is 847 g/mol. The Morgan fingerprint density at radius 1 is 0.288 bits per heavy atom. The van der Waals surface area contributed by atoms with Crippen LogP contribution in [0.4, 0.5) is 34.1 Å². The molecule has 0 spiro atoms. The molecule has 11 rings (SSSR count). The molecule has 0 aromatic heterocycles. The van der Waals surface area contributed by atoms with Crippen LogP contribution >= 0.6 is 0 Å². The van der Waals surface area contributed by atoms with E-state index in [1.807, 2.05) is 0 Å². The molecule has 66 heavy (non-hydrogen) atoms. The van der Waals surface area contributed by atoms with Gasteiger partial charge in [-0.05, 0) is 153 Å². The fraction of sp³-hybridized carbons (Fsp3) is 0.0625. The van der Waals surface area contributed by atoms with Gasteiger partial charge >= 0.3 is 0 Å². The summed E-state index contributed by atoms with van der Waals surface area (Å²) in [7, 11) is 0. The fourth-order valence-corrected chi connectivity index (χ4v) is 10.2. The van der Waals surface area contributed by atoms with Gasteiger partial charge in [0.15, 0.2) is 0 Å². The van der Waals surface area contributed by atoms with E-state index in [2.05, 4.69) is 279 Å². The van der Waals surface area contributed by atoms with Crippen LogP contribution in [0.3, 0.4) is 0 Å². The molecule has 0 atom stereocenters. The first-order valence-electron chi connectivity index (χ1n) is 22.9. The standard InChI is InChI=1S/C64H50N2/c1-45-21-19-32-59-62(45)63-60(64(59,2)3)33-20-34-61(63)66(52-30-17-8-18-31-52)54-41-37-49(38-42-54)58-44-55(46-22-9-4-10-23-46)57(43-56(58)47-24-11-5-12-25-47)48-35-39-53(40-36-48)65(50-26-13-6-14-27-50)51-28-15-7-16-29-51/h4-44H,1-3H3. The van der Waals surface area contributed by atoms with Crippen LogP contribution in [0.5, 0.6) is 0 Å². The number of para-hydroxylation sites is 3. The predicted octanol–water partition coefficient (Wildman–Crippen LogP) is 17.9. The Morgan fingerprint density at radius 2 is 0.621 bits per heavy atom. The highest BCUT2D eigenvalue weighted by Gasteiger charge is 2.38. The molecular weight excluding hydrogens is 797 g/mol. The van der Waals surface area contributed by atoms with E-state index in [1.165, 1.54) is 66.9 Å².